The Kier molecular flexibility index (Phi) is 4.12. The highest BCUT2D eigenvalue weighted by Crippen LogP contribution is 2.20. The monoisotopic (exact) mass is 352 g/mol. The van der Waals surface area contributed by atoms with Gasteiger partial charge in [0, 0.05) is 24.5 Å². The summed E-state index contributed by atoms with van der Waals surface area (Å²) in [5, 5.41) is 5.52. The van der Waals surface area contributed by atoms with Crippen LogP contribution in [0, 0.1) is 5.82 Å². The molecule has 3 heterocycles. The van der Waals surface area contributed by atoms with Gasteiger partial charge in [-0.15, -0.1) is 0 Å². The molecule has 1 aromatic carbocycles. The highest BCUT2D eigenvalue weighted by atomic mass is 19.1. The molecule has 26 heavy (non-hydrogen) atoms. The molecule has 2 amide bonds. The molecule has 0 aliphatic carbocycles. The molecule has 0 saturated carbocycles. The molecule has 6 nitrogen and oxygen atoms in total. The largest absolute Gasteiger partial charge is 0.354 e. The summed E-state index contributed by atoms with van der Waals surface area (Å²) < 4.78 is 14.8. The van der Waals surface area contributed by atoms with Crippen LogP contribution in [0.15, 0.2) is 48.8 Å². The fourth-order valence-electron chi connectivity index (χ4n) is 3.04. The molecule has 2 aromatic heterocycles. The van der Waals surface area contributed by atoms with E-state index in [9.17, 15) is 14.0 Å². The number of halogens is 1. The van der Waals surface area contributed by atoms with Gasteiger partial charge < -0.3 is 15.0 Å². The van der Waals surface area contributed by atoms with E-state index in [2.05, 4.69) is 15.6 Å². The summed E-state index contributed by atoms with van der Waals surface area (Å²) in [6.45, 7) is 0.651. The number of benzene rings is 1. The predicted octanol–water partition coefficient (Wildman–Crippen LogP) is 2.15. The van der Waals surface area contributed by atoms with Gasteiger partial charge in [0.15, 0.2) is 0 Å². The van der Waals surface area contributed by atoms with Crippen molar-refractivity contribution in [3.8, 4) is 11.3 Å². The van der Waals surface area contributed by atoms with Crippen molar-refractivity contribution >= 4 is 17.5 Å². The van der Waals surface area contributed by atoms with E-state index in [1.807, 2.05) is 0 Å². The van der Waals surface area contributed by atoms with E-state index in [0.717, 1.165) is 12.0 Å². The number of hydrogen-bond acceptors (Lipinski definition) is 3. The molecule has 1 aliphatic heterocycles. The number of nitrogens with one attached hydrogen (secondary N) is 2. The first-order valence-corrected chi connectivity index (χ1v) is 8.43. The SMILES string of the molecule is O=C(N[C@@H]1CCCNC1=O)c1ccc2nc(-c3ccc(F)cc3)cn2c1. The number of piperidine rings is 1. The van der Waals surface area contributed by atoms with E-state index >= 15 is 0 Å². The molecule has 4 rings (SSSR count). The number of amides is 2. The highest BCUT2D eigenvalue weighted by Gasteiger charge is 2.24. The molecule has 132 valence electrons. The van der Waals surface area contributed by atoms with Crippen LogP contribution in [0.25, 0.3) is 16.9 Å². The lowest BCUT2D eigenvalue weighted by Gasteiger charge is -2.22. The molecular weight excluding hydrogens is 335 g/mol. The number of fused-ring (bicyclic) bond motifs is 1. The summed E-state index contributed by atoms with van der Waals surface area (Å²) in [7, 11) is 0. The van der Waals surface area contributed by atoms with E-state index in [1.54, 1.807) is 41.1 Å². The number of rotatable bonds is 3. The number of carbonyl (C=O) groups excluding carboxylic acids is 2. The molecule has 0 radical (unpaired) electrons. The van der Waals surface area contributed by atoms with Crippen LogP contribution in [0.2, 0.25) is 0 Å². The maximum Gasteiger partial charge on any atom is 0.253 e. The van der Waals surface area contributed by atoms with Crippen molar-refractivity contribution in [2.75, 3.05) is 6.54 Å². The summed E-state index contributed by atoms with van der Waals surface area (Å²) in [4.78, 5) is 28.7. The molecule has 1 atom stereocenters. The third kappa shape index (κ3) is 3.15. The zero-order valence-electron chi connectivity index (χ0n) is 13.9. The lowest BCUT2D eigenvalue weighted by atomic mass is 10.1. The summed E-state index contributed by atoms with van der Waals surface area (Å²) in [6.07, 6.45) is 4.94. The van der Waals surface area contributed by atoms with E-state index in [0.29, 0.717) is 29.9 Å². The van der Waals surface area contributed by atoms with Crippen LogP contribution in [0.1, 0.15) is 23.2 Å². The van der Waals surface area contributed by atoms with Crippen molar-refractivity contribution in [1.82, 2.24) is 20.0 Å². The van der Waals surface area contributed by atoms with Crippen LogP contribution < -0.4 is 10.6 Å². The molecular formula is C19H17FN4O2. The van der Waals surface area contributed by atoms with Crippen LogP contribution in [-0.4, -0.2) is 33.8 Å². The van der Waals surface area contributed by atoms with E-state index in [-0.39, 0.29) is 17.6 Å². The van der Waals surface area contributed by atoms with Gasteiger partial charge in [0.1, 0.15) is 17.5 Å². The van der Waals surface area contributed by atoms with Crippen LogP contribution >= 0.6 is 0 Å². The number of pyridine rings is 1. The molecule has 0 unspecified atom stereocenters. The van der Waals surface area contributed by atoms with Gasteiger partial charge in [-0.25, -0.2) is 9.37 Å². The number of hydrogen-bond donors (Lipinski definition) is 2. The lowest BCUT2D eigenvalue weighted by Crippen LogP contribution is -2.50. The van der Waals surface area contributed by atoms with E-state index in [4.69, 9.17) is 0 Å². The normalized spacial score (nSPS) is 17.1. The molecule has 7 heteroatoms. The van der Waals surface area contributed by atoms with Crippen LogP contribution in [0.3, 0.4) is 0 Å². The Morgan fingerprint density at radius 2 is 2.00 bits per heavy atom. The van der Waals surface area contributed by atoms with Crippen molar-refractivity contribution in [2.24, 2.45) is 0 Å². The molecule has 0 spiro atoms. The molecule has 1 saturated heterocycles. The topological polar surface area (TPSA) is 75.5 Å². The number of nitrogens with zero attached hydrogens (tertiary/aromatic N) is 2. The zero-order valence-corrected chi connectivity index (χ0v) is 13.9. The second-order valence-corrected chi connectivity index (χ2v) is 6.28. The van der Waals surface area contributed by atoms with Gasteiger partial charge in [0.2, 0.25) is 5.91 Å². The van der Waals surface area contributed by atoms with Gasteiger partial charge in [-0.05, 0) is 49.2 Å². The number of carbonyl (C=O) groups is 2. The minimum absolute atomic E-state index is 0.146. The lowest BCUT2D eigenvalue weighted by molar-refractivity contribution is -0.124. The molecule has 3 aromatic rings. The van der Waals surface area contributed by atoms with Crippen LogP contribution in [0.4, 0.5) is 4.39 Å². The Bertz CT molecular complexity index is 981. The van der Waals surface area contributed by atoms with Crippen molar-refractivity contribution in [1.29, 1.82) is 0 Å². The second kappa shape index (κ2) is 6.59. The van der Waals surface area contributed by atoms with Gasteiger partial charge in [0.05, 0.1) is 11.3 Å². The summed E-state index contributed by atoms with van der Waals surface area (Å²) in [5.41, 5.74) is 2.60. The van der Waals surface area contributed by atoms with Crippen molar-refractivity contribution in [2.45, 2.75) is 18.9 Å². The first-order chi connectivity index (χ1) is 12.6. The minimum atomic E-state index is -0.496. The van der Waals surface area contributed by atoms with Gasteiger partial charge in [-0.2, -0.15) is 0 Å². The van der Waals surface area contributed by atoms with Crippen molar-refractivity contribution in [3.63, 3.8) is 0 Å². The third-order valence-electron chi connectivity index (χ3n) is 4.44. The minimum Gasteiger partial charge on any atom is -0.354 e. The maximum atomic E-state index is 13.1. The van der Waals surface area contributed by atoms with Crippen LogP contribution in [0.5, 0.6) is 0 Å². The number of aromatic nitrogens is 2. The third-order valence-corrected chi connectivity index (χ3v) is 4.44. The zero-order chi connectivity index (χ0) is 18.1. The van der Waals surface area contributed by atoms with E-state index < -0.39 is 6.04 Å². The second-order valence-electron chi connectivity index (χ2n) is 6.28. The smallest absolute Gasteiger partial charge is 0.253 e. The average molecular weight is 352 g/mol. The van der Waals surface area contributed by atoms with Gasteiger partial charge >= 0.3 is 0 Å². The predicted molar refractivity (Wildman–Crippen MR) is 94.1 cm³/mol. The number of imidazole rings is 1. The summed E-state index contributed by atoms with van der Waals surface area (Å²) >= 11 is 0. The van der Waals surface area contributed by atoms with Crippen LogP contribution in [-0.2, 0) is 4.79 Å². The van der Waals surface area contributed by atoms with Gasteiger partial charge in [-0.3, -0.25) is 9.59 Å². The van der Waals surface area contributed by atoms with Crippen molar-refractivity contribution < 1.29 is 14.0 Å². The summed E-state index contributed by atoms with van der Waals surface area (Å²) in [5.74, 6) is -0.749. The standard InChI is InChI=1S/C19H17FN4O2/c20-14-6-3-12(4-7-14)16-11-24-10-13(5-8-17(24)22-16)18(25)23-15-2-1-9-21-19(15)26/h3-8,10-11,15H,1-2,9H2,(H,21,26)(H,23,25)/t15-/m1/s1. The van der Waals surface area contributed by atoms with Crippen molar-refractivity contribution in [3.05, 3.63) is 60.2 Å². The fourth-order valence-corrected chi connectivity index (χ4v) is 3.04. The Morgan fingerprint density at radius 3 is 2.77 bits per heavy atom. The molecule has 2 N–H and O–H groups in total. The molecule has 1 aliphatic rings. The Morgan fingerprint density at radius 1 is 1.19 bits per heavy atom. The fraction of sp³-hybridized carbons (Fsp3) is 0.211. The average Bonchev–Trinajstić information content (AvgIpc) is 3.07. The molecule has 0 bridgehead atoms. The summed E-state index contributed by atoms with van der Waals surface area (Å²) in [6, 6.07) is 9.00. The first-order valence-electron chi connectivity index (χ1n) is 8.43. The quantitative estimate of drug-likeness (QED) is 0.758. The highest BCUT2D eigenvalue weighted by molar-refractivity contribution is 5.97. The Labute approximate surface area is 149 Å². The Hall–Kier alpha value is -3.22. The first kappa shape index (κ1) is 16.3. The molecule has 1 fully saturated rings. The maximum absolute atomic E-state index is 13.1. The van der Waals surface area contributed by atoms with E-state index in [1.165, 1.54) is 12.1 Å². The Balaban J connectivity index is 1.58. The van der Waals surface area contributed by atoms with Gasteiger partial charge in [-0.1, -0.05) is 0 Å². The van der Waals surface area contributed by atoms with Gasteiger partial charge in [0.25, 0.3) is 5.91 Å².